The summed E-state index contributed by atoms with van der Waals surface area (Å²) in [4.78, 5) is 17.1. The molecular formula is C14H25N3O. The van der Waals surface area contributed by atoms with Gasteiger partial charge in [0, 0.05) is 25.7 Å². The van der Waals surface area contributed by atoms with Gasteiger partial charge in [-0.3, -0.25) is 9.69 Å². The number of hydrogen-bond acceptors (Lipinski definition) is 3. The zero-order chi connectivity index (χ0) is 12.4. The summed E-state index contributed by atoms with van der Waals surface area (Å²) < 4.78 is 0. The molecule has 0 saturated carbocycles. The van der Waals surface area contributed by atoms with Gasteiger partial charge in [0.2, 0.25) is 5.91 Å². The second-order valence-electron chi connectivity index (χ2n) is 6.01. The van der Waals surface area contributed by atoms with Crippen LogP contribution in [0.4, 0.5) is 0 Å². The van der Waals surface area contributed by atoms with Crippen molar-refractivity contribution in [3.63, 3.8) is 0 Å². The summed E-state index contributed by atoms with van der Waals surface area (Å²) >= 11 is 0. The number of likely N-dealkylation sites (tertiary alicyclic amines) is 2. The zero-order valence-corrected chi connectivity index (χ0v) is 11.2. The molecule has 18 heavy (non-hydrogen) atoms. The number of rotatable bonds is 2. The van der Waals surface area contributed by atoms with Gasteiger partial charge in [0.15, 0.2) is 0 Å². The van der Waals surface area contributed by atoms with E-state index in [-0.39, 0.29) is 5.92 Å². The van der Waals surface area contributed by atoms with E-state index in [1.54, 1.807) is 0 Å². The highest BCUT2D eigenvalue weighted by Crippen LogP contribution is 2.23. The highest BCUT2D eigenvalue weighted by Gasteiger charge is 2.34. The van der Waals surface area contributed by atoms with Gasteiger partial charge in [-0.05, 0) is 51.7 Å². The maximum absolute atomic E-state index is 12.4. The van der Waals surface area contributed by atoms with E-state index in [4.69, 9.17) is 0 Å². The fourth-order valence-electron chi connectivity index (χ4n) is 3.67. The molecular weight excluding hydrogens is 226 g/mol. The van der Waals surface area contributed by atoms with Crippen molar-refractivity contribution in [2.75, 3.05) is 39.3 Å². The Morgan fingerprint density at radius 1 is 1.06 bits per heavy atom. The van der Waals surface area contributed by atoms with Crippen molar-refractivity contribution in [1.29, 1.82) is 0 Å². The fraction of sp³-hybridized carbons (Fsp3) is 0.929. The second kappa shape index (κ2) is 5.57. The Morgan fingerprint density at radius 3 is 2.61 bits per heavy atom. The van der Waals surface area contributed by atoms with Crippen molar-refractivity contribution in [3.05, 3.63) is 0 Å². The van der Waals surface area contributed by atoms with Crippen molar-refractivity contribution in [2.45, 2.75) is 38.1 Å². The Kier molecular flexibility index (Phi) is 3.85. The maximum Gasteiger partial charge on any atom is 0.227 e. The summed E-state index contributed by atoms with van der Waals surface area (Å²) in [6, 6.07) is 0.646. The van der Waals surface area contributed by atoms with Crippen LogP contribution < -0.4 is 5.32 Å². The zero-order valence-electron chi connectivity index (χ0n) is 11.2. The van der Waals surface area contributed by atoms with Crippen molar-refractivity contribution >= 4 is 5.91 Å². The molecule has 1 N–H and O–H groups in total. The Labute approximate surface area is 110 Å². The lowest BCUT2D eigenvalue weighted by atomic mass is 9.98. The minimum atomic E-state index is 0.246. The largest absolute Gasteiger partial charge is 0.341 e. The molecule has 0 aromatic carbocycles. The Balaban J connectivity index is 1.52. The molecule has 2 atom stereocenters. The minimum Gasteiger partial charge on any atom is -0.341 e. The second-order valence-corrected chi connectivity index (χ2v) is 6.01. The lowest BCUT2D eigenvalue weighted by molar-refractivity contribution is -0.135. The average Bonchev–Trinajstić information content (AvgIpc) is 3.09. The number of amides is 1. The molecule has 0 bridgehead atoms. The third-order valence-electron chi connectivity index (χ3n) is 4.78. The van der Waals surface area contributed by atoms with Gasteiger partial charge >= 0.3 is 0 Å². The van der Waals surface area contributed by atoms with Gasteiger partial charge in [0.1, 0.15) is 0 Å². The third-order valence-corrected chi connectivity index (χ3v) is 4.78. The SMILES string of the molecule is O=C([C@H]1CCCNC1)N1CCC(N2CCCC2)C1. The number of hydrogen-bond donors (Lipinski definition) is 1. The topological polar surface area (TPSA) is 35.6 Å². The highest BCUT2D eigenvalue weighted by atomic mass is 16.2. The molecule has 3 rings (SSSR count). The van der Waals surface area contributed by atoms with Crippen molar-refractivity contribution in [2.24, 2.45) is 5.92 Å². The number of carbonyl (C=O) groups is 1. The van der Waals surface area contributed by atoms with Crippen LogP contribution >= 0.6 is 0 Å². The molecule has 102 valence electrons. The lowest BCUT2D eigenvalue weighted by Crippen LogP contribution is -2.43. The summed E-state index contributed by atoms with van der Waals surface area (Å²) in [5, 5.41) is 3.35. The van der Waals surface area contributed by atoms with E-state index in [0.29, 0.717) is 11.9 Å². The van der Waals surface area contributed by atoms with Crippen LogP contribution in [0.25, 0.3) is 0 Å². The Morgan fingerprint density at radius 2 is 1.89 bits per heavy atom. The molecule has 3 saturated heterocycles. The molecule has 0 aromatic rings. The molecule has 4 nitrogen and oxygen atoms in total. The molecule has 3 aliphatic rings. The van der Waals surface area contributed by atoms with Crippen LogP contribution in [0.5, 0.6) is 0 Å². The van der Waals surface area contributed by atoms with Crippen molar-refractivity contribution < 1.29 is 4.79 Å². The minimum absolute atomic E-state index is 0.246. The number of nitrogens with one attached hydrogen (secondary N) is 1. The molecule has 1 amide bonds. The Hall–Kier alpha value is -0.610. The first-order chi connectivity index (χ1) is 8.84. The first-order valence-corrected chi connectivity index (χ1v) is 7.58. The van der Waals surface area contributed by atoms with Crippen LogP contribution in [0.1, 0.15) is 32.1 Å². The predicted octanol–water partition coefficient (Wildman–Crippen LogP) is 0.683. The standard InChI is InChI=1S/C14H25N3O/c18-14(12-4-3-6-15-10-12)17-9-5-13(11-17)16-7-1-2-8-16/h12-13,15H,1-11H2/t12-,13?/m0/s1. The third kappa shape index (κ3) is 2.54. The summed E-state index contributed by atoms with van der Waals surface area (Å²) in [6.45, 7) is 6.44. The smallest absolute Gasteiger partial charge is 0.227 e. The Bertz CT molecular complexity index is 295. The maximum atomic E-state index is 12.4. The van der Waals surface area contributed by atoms with Crippen molar-refractivity contribution in [1.82, 2.24) is 15.1 Å². The molecule has 1 unspecified atom stereocenters. The molecule has 0 radical (unpaired) electrons. The molecule has 3 heterocycles. The highest BCUT2D eigenvalue weighted by molar-refractivity contribution is 5.79. The lowest BCUT2D eigenvalue weighted by Gasteiger charge is -2.28. The first-order valence-electron chi connectivity index (χ1n) is 7.58. The van der Waals surface area contributed by atoms with Gasteiger partial charge in [0.05, 0.1) is 5.92 Å². The number of nitrogens with zero attached hydrogens (tertiary/aromatic N) is 2. The molecule has 4 heteroatoms. The molecule has 3 fully saturated rings. The van der Waals surface area contributed by atoms with Gasteiger partial charge in [-0.2, -0.15) is 0 Å². The van der Waals surface area contributed by atoms with E-state index < -0.39 is 0 Å². The summed E-state index contributed by atoms with van der Waals surface area (Å²) in [7, 11) is 0. The van der Waals surface area contributed by atoms with Crippen LogP contribution in [0.15, 0.2) is 0 Å². The normalized spacial score (nSPS) is 34.1. The van der Waals surface area contributed by atoms with E-state index in [0.717, 1.165) is 39.0 Å². The monoisotopic (exact) mass is 251 g/mol. The number of piperidine rings is 1. The summed E-state index contributed by atoms with van der Waals surface area (Å²) in [5.41, 5.74) is 0. The van der Waals surface area contributed by atoms with E-state index in [1.165, 1.54) is 32.4 Å². The van der Waals surface area contributed by atoms with Crippen LogP contribution in [0.3, 0.4) is 0 Å². The predicted molar refractivity (Wildman–Crippen MR) is 71.4 cm³/mol. The average molecular weight is 251 g/mol. The summed E-state index contributed by atoms with van der Waals surface area (Å²) in [6.07, 6.45) is 6.11. The van der Waals surface area contributed by atoms with E-state index in [2.05, 4.69) is 15.1 Å². The van der Waals surface area contributed by atoms with Crippen molar-refractivity contribution in [3.8, 4) is 0 Å². The van der Waals surface area contributed by atoms with Crippen LogP contribution in [-0.4, -0.2) is 61.0 Å². The van der Waals surface area contributed by atoms with E-state index in [9.17, 15) is 4.79 Å². The summed E-state index contributed by atoms with van der Waals surface area (Å²) in [5.74, 6) is 0.653. The van der Waals surface area contributed by atoms with Gasteiger partial charge in [-0.25, -0.2) is 0 Å². The van der Waals surface area contributed by atoms with E-state index in [1.807, 2.05) is 0 Å². The van der Waals surface area contributed by atoms with E-state index >= 15 is 0 Å². The van der Waals surface area contributed by atoms with Crippen LogP contribution in [0.2, 0.25) is 0 Å². The molecule has 3 aliphatic heterocycles. The fourth-order valence-corrected chi connectivity index (χ4v) is 3.67. The number of carbonyl (C=O) groups excluding carboxylic acids is 1. The van der Waals surface area contributed by atoms with Gasteiger partial charge in [0.25, 0.3) is 0 Å². The van der Waals surface area contributed by atoms with Gasteiger partial charge in [-0.1, -0.05) is 0 Å². The van der Waals surface area contributed by atoms with Crippen LogP contribution in [-0.2, 0) is 4.79 Å². The quantitative estimate of drug-likeness (QED) is 0.784. The molecule has 0 aromatic heterocycles. The first kappa shape index (κ1) is 12.4. The van der Waals surface area contributed by atoms with Crippen LogP contribution in [0, 0.1) is 5.92 Å². The van der Waals surface area contributed by atoms with Gasteiger partial charge in [-0.15, -0.1) is 0 Å². The molecule has 0 spiro atoms. The van der Waals surface area contributed by atoms with Gasteiger partial charge < -0.3 is 10.2 Å². The molecule has 0 aliphatic carbocycles.